The number of hydrogen-bond donors (Lipinski definition) is 1. The van der Waals surface area contributed by atoms with Gasteiger partial charge in [0.15, 0.2) is 0 Å². The number of likely N-dealkylation sites (tertiary alicyclic amines) is 1. The smallest absolute Gasteiger partial charge is 0.0431 e. The first-order valence-electron chi connectivity index (χ1n) is 6.47. The van der Waals surface area contributed by atoms with Crippen molar-refractivity contribution in [1.29, 1.82) is 0 Å². The van der Waals surface area contributed by atoms with E-state index in [4.69, 9.17) is 5.11 Å². The highest BCUT2D eigenvalue weighted by molar-refractivity contribution is 4.78. The van der Waals surface area contributed by atoms with Gasteiger partial charge in [0.25, 0.3) is 0 Å². The molecule has 1 heterocycles. The number of piperidine rings is 1. The quantitative estimate of drug-likeness (QED) is 0.686. The average Bonchev–Trinajstić information content (AvgIpc) is 2.20. The van der Waals surface area contributed by atoms with E-state index >= 15 is 0 Å². The Morgan fingerprint density at radius 3 is 2.20 bits per heavy atom. The molecule has 0 saturated carbocycles. The van der Waals surface area contributed by atoms with Crippen molar-refractivity contribution in [2.75, 3.05) is 26.2 Å². The standard InChI is InChI=1S/C13H27NO/c1-13(2)7-10-14(11-8-13)9-5-3-4-6-12-15/h15H,3-12H2,1-2H3. The van der Waals surface area contributed by atoms with Gasteiger partial charge in [0, 0.05) is 6.61 Å². The van der Waals surface area contributed by atoms with Crippen LogP contribution in [0, 0.1) is 5.41 Å². The maximum absolute atomic E-state index is 8.66. The van der Waals surface area contributed by atoms with Gasteiger partial charge in [-0.05, 0) is 50.7 Å². The molecule has 1 N–H and O–H groups in total. The van der Waals surface area contributed by atoms with Crippen molar-refractivity contribution >= 4 is 0 Å². The summed E-state index contributed by atoms with van der Waals surface area (Å²) in [5, 5.41) is 8.66. The van der Waals surface area contributed by atoms with Gasteiger partial charge in [-0.3, -0.25) is 0 Å². The Morgan fingerprint density at radius 1 is 1.00 bits per heavy atom. The lowest BCUT2D eigenvalue weighted by atomic mass is 9.82. The summed E-state index contributed by atoms with van der Waals surface area (Å²) >= 11 is 0. The van der Waals surface area contributed by atoms with Crippen LogP contribution in [0.2, 0.25) is 0 Å². The number of rotatable bonds is 6. The minimum absolute atomic E-state index is 0.359. The number of unbranched alkanes of at least 4 members (excludes halogenated alkanes) is 3. The normalized spacial score (nSPS) is 21.8. The van der Waals surface area contributed by atoms with Crippen LogP contribution in [-0.4, -0.2) is 36.2 Å². The minimum Gasteiger partial charge on any atom is -0.396 e. The van der Waals surface area contributed by atoms with Crippen LogP contribution in [0.1, 0.15) is 52.4 Å². The van der Waals surface area contributed by atoms with Crippen LogP contribution in [-0.2, 0) is 0 Å². The van der Waals surface area contributed by atoms with Crippen molar-refractivity contribution in [3.05, 3.63) is 0 Å². The molecule has 1 rings (SSSR count). The van der Waals surface area contributed by atoms with Crippen LogP contribution in [0.15, 0.2) is 0 Å². The predicted octanol–water partition coefficient (Wildman–Crippen LogP) is 2.66. The van der Waals surface area contributed by atoms with Crippen molar-refractivity contribution < 1.29 is 5.11 Å². The van der Waals surface area contributed by atoms with E-state index in [1.54, 1.807) is 0 Å². The van der Waals surface area contributed by atoms with Crippen LogP contribution >= 0.6 is 0 Å². The molecule has 0 atom stereocenters. The lowest BCUT2D eigenvalue weighted by Gasteiger charge is -2.36. The van der Waals surface area contributed by atoms with E-state index in [2.05, 4.69) is 18.7 Å². The van der Waals surface area contributed by atoms with E-state index in [0.717, 1.165) is 6.42 Å². The van der Waals surface area contributed by atoms with Gasteiger partial charge in [0.05, 0.1) is 0 Å². The zero-order valence-electron chi connectivity index (χ0n) is 10.5. The van der Waals surface area contributed by atoms with E-state index in [1.165, 1.54) is 51.7 Å². The third kappa shape index (κ3) is 5.53. The number of aliphatic hydroxyl groups is 1. The number of aliphatic hydroxyl groups excluding tert-OH is 1. The fourth-order valence-corrected chi connectivity index (χ4v) is 2.18. The maximum atomic E-state index is 8.66. The maximum Gasteiger partial charge on any atom is 0.0431 e. The summed E-state index contributed by atoms with van der Waals surface area (Å²) in [6.07, 6.45) is 7.46. The summed E-state index contributed by atoms with van der Waals surface area (Å²) in [7, 11) is 0. The molecule has 1 saturated heterocycles. The molecule has 0 aromatic rings. The molecule has 1 fully saturated rings. The third-order valence-corrected chi connectivity index (χ3v) is 3.59. The summed E-state index contributed by atoms with van der Waals surface area (Å²) in [5.41, 5.74) is 0.577. The van der Waals surface area contributed by atoms with Gasteiger partial charge in [-0.1, -0.05) is 26.7 Å². The molecule has 0 amide bonds. The molecule has 90 valence electrons. The Bertz CT molecular complexity index is 158. The van der Waals surface area contributed by atoms with Gasteiger partial charge in [0.1, 0.15) is 0 Å². The first kappa shape index (κ1) is 13.0. The van der Waals surface area contributed by atoms with Crippen LogP contribution < -0.4 is 0 Å². The molecule has 1 aliphatic rings. The van der Waals surface area contributed by atoms with Crippen LogP contribution in [0.3, 0.4) is 0 Å². The molecule has 1 aliphatic heterocycles. The molecule has 15 heavy (non-hydrogen) atoms. The molecule has 0 aliphatic carbocycles. The Balaban J connectivity index is 1.99. The van der Waals surface area contributed by atoms with Gasteiger partial charge < -0.3 is 10.0 Å². The van der Waals surface area contributed by atoms with Crippen LogP contribution in [0.4, 0.5) is 0 Å². The van der Waals surface area contributed by atoms with Gasteiger partial charge in [-0.2, -0.15) is 0 Å². The SMILES string of the molecule is CC1(C)CCN(CCCCCCO)CC1. The Labute approximate surface area is 94.7 Å². The minimum atomic E-state index is 0.359. The molecule has 0 radical (unpaired) electrons. The monoisotopic (exact) mass is 213 g/mol. The lowest BCUT2D eigenvalue weighted by Crippen LogP contribution is -2.37. The number of nitrogens with zero attached hydrogens (tertiary/aromatic N) is 1. The Kier molecular flexibility index (Phi) is 5.62. The molecule has 0 bridgehead atoms. The first-order valence-corrected chi connectivity index (χ1v) is 6.47. The summed E-state index contributed by atoms with van der Waals surface area (Å²) in [5.74, 6) is 0. The predicted molar refractivity (Wildman–Crippen MR) is 65.0 cm³/mol. The van der Waals surface area contributed by atoms with Gasteiger partial charge in [0.2, 0.25) is 0 Å². The Hall–Kier alpha value is -0.0800. The molecule has 2 heteroatoms. The molecule has 0 spiro atoms. The molecule has 0 aromatic heterocycles. The van der Waals surface area contributed by atoms with Crippen molar-refractivity contribution in [3.8, 4) is 0 Å². The lowest BCUT2D eigenvalue weighted by molar-refractivity contribution is 0.130. The summed E-state index contributed by atoms with van der Waals surface area (Å²) < 4.78 is 0. The van der Waals surface area contributed by atoms with Gasteiger partial charge in [-0.25, -0.2) is 0 Å². The van der Waals surface area contributed by atoms with E-state index < -0.39 is 0 Å². The molecular weight excluding hydrogens is 186 g/mol. The largest absolute Gasteiger partial charge is 0.396 e. The first-order chi connectivity index (χ1) is 7.14. The van der Waals surface area contributed by atoms with E-state index in [9.17, 15) is 0 Å². The summed E-state index contributed by atoms with van der Waals surface area (Å²) in [6, 6.07) is 0. The molecule has 0 aromatic carbocycles. The second kappa shape index (κ2) is 6.49. The van der Waals surface area contributed by atoms with Gasteiger partial charge in [-0.15, -0.1) is 0 Å². The Morgan fingerprint density at radius 2 is 1.60 bits per heavy atom. The second-order valence-electron chi connectivity index (χ2n) is 5.64. The molecule has 2 nitrogen and oxygen atoms in total. The fraction of sp³-hybridized carbons (Fsp3) is 1.00. The third-order valence-electron chi connectivity index (χ3n) is 3.59. The van der Waals surface area contributed by atoms with Gasteiger partial charge >= 0.3 is 0 Å². The summed E-state index contributed by atoms with van der Waals surface area (Å²) in [6.45, 7) is 8.95. The molecular formula is C13H27NO. The summed E-state index contributed by atoms with van der Waals surface area (Å²) in [4.78, 5) is 2.60. The highest BCUT2D eigenvalue weighted by atomic mass is 16.2. The fourth-order valence-electron chi connectivity index (χ4n) is 2.18. The van der Waals surface area contributed by atoms with Crippen LogP contribution in [0.5, 0.6) is 0 Å². The van der Waals surface area contributed by atoms with E-state index in [-0.39, 0.29) is 0 Å². The van der Waals surface area contributed by atoms with Crippen LogP contribution in [0.25, 0.3) is 0 Å². The zero-order valence-corrected chi connectivity index (χ0v) is 10.5. The second-order valence-corrected chi connectivity index (χ2v) is 5.64. The van der Waals surface area contributed by atoms with Crippen molar-refractivity contribution in [2.24, 2.45) is 5.41 Å². The zero-order chi connectivity index (χ0) is 11.1. The topological polar surface area (TPSA) is 23.5 Å². The van der Waals surface area contributed by atoms with Crippen molar-refractivity contribution in [2.45, 2.75) is 52.4 Å². The highest BCUT2D eigenvalue weighted by Gasteiger charge is 2.24. The average molecular weight is 213 g/mol. The van der Waals surface area contributed by atoms with E-state index in [0.29, 0.717) is 12.0 Å². The highest BCUT2D eigenvalue weighted by Crippen LogP contribution is 2.29. The van der Waals surface area contributed by atoms with Crippen molar-refractivity contribution in [3.63, 3.8) is 0 Å². The number of hydrogen-bond acceptors (Lipinski definition) is 2. The van der Waals surface area contributed by atoms with Crippen molar-refractivity contribution in [1.82, 2.24) is 4.90 Å². The molecule has 0 unspecified atom stereocenters. The van der Waals surface area contributed by atoms with E-state index in [1.807, 2.05) is 0 Å².